The molecular formula is C16H31NO3. The second-order valence-corrected chi connectivity index (χ2v) is 6.86. The molecule has 1 amide bonds. The number of rotatable bonds is 11. The van der Waals surface area contributed by atoms with Gasteiger partial charge in [-0.1, -0.05) is 53.4 Å². The van der Waals surface area contributed by atoms with Crippen LogP contribution in [0.25, 0.3) is 0 Å². The summed E-state index contributed by atoms with van der Waals surface area (Å²) in [6.07, 6.45) is 6.20. The molecule has 0 aliphatic rings. The fraction of sp³-hybridized carbons (Fsp3) is 0.875. The molecule has 118 valence electrons. The highest BCUT2D eigenvalue weighted by molar-refractivity contribution is 5.77. The van der Waals surface area contributed by atoms with Crippen molar-refractivity contribution in [2.45, 2.75) is 72.6 Å². The van der Waals surface area contributed by atoms with Crippen LogP contribution in [0.1, 0.15) is 72.6 Å². The van der Waals surface area contributed by atoms with Gasteiger partial charge in [-0.05, 0) is 17.8 Å². The van der Waals surface area contributed by atoms with Crippen LogP contribution in [-0.2, 0) is 9.59 Å². The van der Waals surface area contributed by atoms with E-state index < -0.39 is 11.4 Å². The van der Waals surface area contributed by atoms with Gasteiger partial charge in [0.1, 0.15) is 0 Å². The van der Waals surface area contributed by atoms with E-state index in [0.29, 0.717) is 6.54 Å². The topological polar surface area (TPSA) is 66.4 Å². The van der Waals surface area contributed by atoms with Crippen LogP contribution < -0.4 is 5.32 Å². The average Bonchev–Trinajstić information content (AvgIpc) is 2.24. The molecule has 0 saturated carbocycles. The van der Waals surface area contributed by atoms with Gasteiger partial charge in [0.25, 0.3) is 0 Å². The first kappa shape index (κ1) is 18.9. The summed E-state index contributed by atoms with van der Waals surface area (Å²) in [6.45, 7) is 8.79. The quantitative estimate of drug-likeness (QED) is 0.570. The third-order valence-electron chi connectivity index (χ3n) is 3.30. The third kappa shape index (κ3) is 12.0. The lowest BCUT2D eigenvalue weighted by Crippen LogP contribution is -2.30. The first-order chi connectivity index (χ1) is 9.23. The number of hydrogen-bond donors (Lipinski definition) is 2. The Morgan fingerprint density at radius 1 is 1.05 bits per heavy atom. The van der Waals surface area contributed by atoms with Gasteiger partial charge >= 0.3 is 5.97 Å². The lowest BCUT2D eigenvalue weighted by molar-refractivity contribution is -0.139. The van der Waals surface area contributed by atoms with E-state index in [1.807, 2.05) is 13.8 Å². The smallest absolute Gasteiger partial charge is 0.303 e. The van der Waals surface area contributed by atoms with Crippen molar-refractivity contribution in [3.8, 4) is 0 Å². The van der Waals surface area contributed by atoms with Gasteiger partial charge in [-0.3, -0.25) is 9.59 Å². The normalized spacial score (nSPS) is 11.7. The Hall–Kier alpha value is -1.06. The van der Waals surface area contributed by atoms with Crippen molar-refractivity contribution in [2.75, 3.05) is 6.54 Å². The molecule has 0 heterocycles. The molecule has 4 nitrogen and oxygen atoms in total. The first-order valence-corrected chi connectivity index (χ1v) is 7.71. The summed E-state index contributed by atoms with van der Waals surface area (Å²) < 4.78 is 0. The van der Waals surface area contributed by atoms with Crippen molar-refractivity contribution in [3.63, 3.8) is 0 Å². The van der Waals surface area contributed by atoms with Crippen molar-refractivity contribution >= 4 is 11.9 Å². The fourth-order valence-corrected chi connectivity index (χ4v) is 2.23. The van der Waals surface area contributed by atoms with Gasteiger partial charge in [-0.2, -0.15) is 0 Å². The Morgan fingerprint density at radius 2 is 1.65 bits per heavy atom. The number of hydrogen-bond acceptors (Lipinski definition) is 2. The van der Waals surface area contributed by atoms with Gasteiger partial charge in [0.2, 0.25) is 5.91 Å². The van der Waals surface area contributed by atoms with Gasteiger partial charge in [0, 0.05) is 13.0 Å². The summed E-state index contributed by atoms with van der Waals surface area (Å²) in [5.41, 5.74) is -0.479. The average molecular weight is 285 g/mol. The zero-order valence-corrected chi connectivity index (χ0v) is 13.5. The van der Waals surface area contributed by atoms with Crippen molar-refractivity contribution < 1.29 is 14.7 Å². The molecule has 0 radical (unpaired) electrons. The molecule has 0 aromatic heterocycles. The number of aliphatic carboxylic acids is 1. The van der Waals surface area contributed by atoms with Gasteiger partial charge < -0.3 is 10.4 Å². The predicted octanol–water partition coefficient (Wildman–Crippen LogP) is 3.60. The molecule has 0 aromatic rings. The van der Waals surface area contributed by atoms with Gasteiger partial charge in [0.15, 0.2) is 0 Å². The highest BCUT2D eigenvalue weighted by Gasteiger charge is 2.24. The van der Waals surface area contributed by atoms with E-state index in [1.54, 1.807) is 0 Å². The van der Waals surface area contributed by atoms with Crippen LogP contribution in [-0.4, -0.2) is 23.5 Å². The van der Waals surface area contributed by atoms with Crippen molar-refractivity contribution in [2.24, 2.45) is 11.3 Å². The highest BCUT2D eigenvalue weighted by atomic mass is 16.4. The monoisotopic (exact) mass is 285 g/mol. The number of carbonyl (C=O) groups excluding carboxylic acids is 1. The number of nitrogens with one attached hydrogen (secondary N) is 1. The lowest BCUT2D eigenvalue weighted by Gasteiger charge is -2.21. The molecule has 0 rings (SSSR count). The minimum atomic E-state index is -0.854. The van der Waals surface area contributed by atoms with E-state index in [0.717, 1.165) is 18.8 Å². The summed E-state index contributed by atoms with van der Waals surface area (Å²) in [5, 5.41) is 11.6. The molecule has 20 heavy (non-hydrogen) atoms. The van der Waals surface area contributed by atoms with Crippen molar-refractivity contribution in [1.29, 1.82) is 0 Å². The molecule has 0 atom stereocenters. The van der Waals surface area contributed by atoms with Gasteiger partial charge in [-0.25, -0.2) is 0 Å². The van der Waals surface area contributed by atoms with Crippen LogP contribution in [0.5, 0.6) is 0 Å². The van der Waals surface area contributed by atoms with Crippen LogP contribution in [0.4, 0.5) is 0 Å². The SMILES string of the molecule is CC(C)CCCCCCNC(=O)CC(C)(C)CC(=O)O. The summed E-state index contributed by atoms with van der Waals surface area (Å²) in [4.78, 5) is 22.4. The summed E-state index contributed by atoms with van der Waals surface area (Å²) in [6, 6.07) is 0. The molecule has 0 aliphatic heterocycles. The molecule has 0 aromatic carbocycles. The van der Waals surface area contributed by atoms with Gasteiger partial charge in [-0.15, -0.1) is 0 Å². The Morgan fingerprint density at radius 3 is 2.20 bits per heavy atom. The maximum atomic E-state index is 11.7. The number of carbonyl (C=O) groups is 2. The molecule has 0 saturated heterocycles. The maximum Gasteiger partial charge on any atom is 0.303 e. The summed E-state index contributed by atoms with van der Waals surface area (Å²) in [5.74, 6) is -0.127. The Kier molecular flexibility index (Phi) is 9.26. The maximum absolute atomic E-state index is 11.7. The summed E-state index contributed by atoms with van der Waals surface area (Å²) >= 11 is 0. The number of carboxylic acids is 1. The number of carboxylic acid groups (broad SMARTS) is 1. The van der Waals surface area contributed by atoms with Crippen LogP contribution >= 0.6 is 0 Å². The molecular weight excluding hydrogens is 254 g/mol. The lowest BCUT2D eigenvalue weighted by atomic mass is 9.85. The van der Waals surface area contributed by atoms with Crippen LogP contribution in [0.2, 0.25) is 0 Å². The van der Waals surface area contributed by atoms with E-state index in [-0.39, 0.29) is 18.7 Å². The van der Waals surface area contributed by atoms with E-state index in [1.165, 1.54) is 19.3 Å². The minimum Gasteiger partial charge on any atom is -0.481 e. The zero-order valence-electron chi connectivity index (χ0n) is 13.5. The largest absolute Gasteiger partial charge is 0.481 e. The molecule has 0 aliphatic carbocycles. The molecule has 2 N–H and O–H groups in total. The molecule has 0 fully saturated rings. The minimum absolute atomic E-state index is 0.0234. The highest BCUT2D eigenvalue weighted by Crippen LogP contribution is 2.24. The number of unbranched alkanes of at least 4 members (excludes halogenated alkanes) is 3. The van der Waals surface area contributed by atoms with Crippen LogP contribution in [0.15, 0.2) is 0 Å². The van der Waals surface area contributed by atoms with Crippen LogP contribution in [0, 0.1) is 11.3 Å². The fourth-order valence-electron chi connectivity index (χ4n) is 2.23. The van der Waals surface area contributed by atoms with Crippen molar-refractivity contribution in [1.82, 2.24) is 5.32 Å². The van der Waals surface area contributed by atoms with E-state index in [9.17, 15) is 9.59 Å². The Bertz CT molecular complexity index is 298. The van der Waals surface area contributed by atoms with Gasteiger partial charge in [0.05, 0.1) is 6.42 Å². The molecule has 0 bridgehead atoms. The first-order valence-electron chi connectivity index (χ1n) is 7.71. The Labute approximate surface area is 123 Å². The predicted molar refractivity (Wildman–Crippen MR) is 81.6 cm³/mol. The zero-order chi connectivity index (χ0) is 15.6. The van der Waals surface area contributed by atoms with Crippen molar-refractivity contribution in [3.05, 3.63) is 0 Å². The summed E-state index contributed by atoms with van der Waals surface area (Å²) in [7, 11) is 0. The molecule has 0 unspecified atom stereocenters. The second kappa shape index (κ2) is 9.78. The standard InChI is InChI=1S/C16H31NO3/c1-13(2)9-7-5-6-8-10-17-14(18)11-16(3,4)12-15(19)20/h13H,5-12H2,1-4H3,(H,17,18)(H,19,20). The molecule has 0 spiro atoms. The third-order valence-corrected chi connectivity index (χ3v) is 3.30. The van der Waals surface area contributed by atoms with E-state index >= 15 is 0 Å². The number of amides is 1. The molecule has 4 heteroatoms. The van der Waals surface area contributed by atoms with Crippen LogP contribution in [0.3, 0.4) is 0 Å². The van der Waals surface area contributed by atoms with E-state index in [4.69, 9.17) is 5.11 Å². The second-order valence-electron chi connectivity index (χ2n) is 6.86. The van der Waals surface area contributed by atoms with E-state index in [2.05, 4.69) is 19.2 Å². The Balaban J connectivity index is 3.61.